The highest BCUT2D eigenvalue weighted by atomic mass is 31.2. The average molecular weight is 242 g/mol. The standard InChI is InChI=1S/C11H15O4P/c1-4-10(12)16(13,14)15-11(3)8-6-5-7-9(11)2/h4-9H,1H2,2-3H3,(H,13,14). The van der Waals surface area contributed by atoms with Gasteiger partial charge in [0.25, 0.3) is 5.52 Å². The minimum atomic E-state index is -4.30. The Morgan fingerprint density at radius 3 is 2.75 bits per heavy atom. The fourth-order valence-corrected chi connectivity index (χ4v) is 2.44. The van der Waals surface area contributed by atoms with Gasteiger partial charge in [0, 0.05) is 5.92 Å². The molecule has 0 spiro atoms. The van der Waals surface area contributed by atoms with E-state index in [1.807, 2.05) is 19.1 Å². The Morgan fingerprint density at radius 1 is 1.62 bits per heavy atom. The summed E-state index contributed by atoms with van der Waals surface area (Å²) in [7, 11) is -4.30. The molecule has 0 saturated carbocycles. The highest BCUT2D eigenvalue weighted by Gasteiger charge is 2.40. The predicted octanol–water partition coefficient (Wildman–Crippen LogP) is 2.42. The third-order valence-corrected chi connectivity index (χ3v) is 4.00. The van der Waals surface area contributed by atoms with E-state index in [1.54, 1.807) is 19.1 Å². The quantitative estimate of drug-likeness (QED) is 0.607. The fraction of sp³-hybridized carbons (Fsp3) is 0.364. The normalized spacial score (nSPS) is 32.1. The molecule has 0 heterocycles. The lowest BCUT2D eigenvalue weighted by Crippen LogP contribution is -2.34. The average Bonchev–Trinajstić information content (AvgIpc) is 2.20. The van der Waals surface area contributed by atoms with E-state index in [1.165, 1.54) is 0 Å². The molecule has 0 aliphatic heterocycles. The first-order valence-electron chi connectivity index (χ1n) is 4.88. The SMILES string of the molecule is C=CC(=O)P(=O)(O)OC1(C)C=CC=CC1C. The number of hydrogen-bond acceptors (Lipinski definition) is 3. The molecule has 1 N–H and O–H groups in total. The molecule has 3 unspecified atom stereocenters. The van der Waals surface area contributed by atoms with Crippen LogP contribution in [0.3, 0.4) is 0 Å². The third kappa shape index (κ3) is 2.59. The second-order valence-corrected chi connectivity index (χ2v) is 5.53. The van der Waals surface area contributed by atoms with Crippen LogP contribution in [0.2, 0.25) is 0 Å². The first-order valence-corrected chi connectivity index (χ1v) is 6.46. The summed E-state index contributed by atoms with van der Waals surface area (Å²) in [6.45, 7) is 6.68. The van der Waals surface area contributed by atoms with Gasteiger partial charge in [0.05, 0.1) is 5.60 Å². The molecule has 0 fully saturated rings. The summed E-state index contributed by atoms with van der Waals surface area (Å²) in [6.07, 6.45) is 7.86. The molecule has 88 valence electrons. The molecule has 0 saturated heterocycles. The summed E-state index contributed by atoms with van der Waals surface area (Å²) >= 11 is 0. The first kappa shape index (κ1) is 13.1. The van der Waals surface area contributed by atoms with Crippen molar-refractivity contribution in [2.45, 2.75) is 19.4 Å². The van der Waals surface area contributed by atoms with Crippen molar-refractivity contribution < 1.29 is 18.8 Å². The zero-order valence-electron chi connectivity index (χ0n) is 9.29. The van der Waals surface area contributed by atoms with Crippen LogP contribution < -0.4 is 0 Å². The maximum Gasteiger partial charge on any atom is 0.399 e. The highest BCUT2D eigenvalue weighted by molar-refractivity contribution is 7.71. The van der Waals surface area contributed by atoms with Gasteiger partial charge < -0.3 is 4.89 Å². The Labute approximate surface area is 94.8 Å². The first-order chi connectivity index (χ1) is 7.32. The lowest BCUT2D eigenvalue weighted by Gasteiger charge is -2.33. The van der Waals surface area contributed by atoms with Crippen molar-refractivity contribution in [3.8, 4) is 0 Å². The van der Waals surface area contributed by atoms with E-state index >= 15 is 0 Å². The second kappa shape index (κ2) is 4.50. The third-order valence-electron chi connectivity index (χ3n) is 2.62. The molecule has 1 aliphatic carbocycles. The van der Waals surface area contributed by atoms with Gasteiger partial charge in [0.1, 0.15) is 0 Å². The van der Waals surface area contributed by atoms with Crippen molar-refractivity contribution in [2.24, 2.45) is 5.92 Å². The zero-order chi connectivity index (χ0) is 12.4. The van der Waals surface area contributed by atoms with Crippen LogP contribution in [-0.4, -0.2) is 16.0 Å². The lowest BCUT2D eigenvalue weighted by molar-refractivity contribution is -0.110. The van der Waals surface area contributed by atoms with Gasteiger partial charge in [-0.25, -0.2) is 0 Å². The van der Waals surface area contributed by atoms with Gasteiger partial charge in [-0.05, 0) is 13.0 Å². The summed E-state index contributed by atoms with van der Waals surface area (Å²) in [5.41, 5.74) is -1.93. The highest BCUT2D eigenvalue weighted by Crippen LogP contribution is 2.50. The van der Waals surface area contributed by atoms with E-state index in [0.29, 0.717) is 0 Å². The van der Waals surface area contributed by atoms with Crippen LogP contribution in [0.5, 0.6) is 0 Å². The predicted molar refractivity (Wildman–Crippen MR) is 62.0 cm³/mol. The number of carbonyl (C=O) groups excluding carboxylic acids is 1. The van der Waals surface area contributed by atoms with E-state index in [-0.39, 0.29) is 5.92 Å². The van der Waals surface area contributed by atoms with Crippen molar-refractivity contribution >= 4 is 13.1 Å². The van der Waals surface area contributed by atoms with E-state index in [0.717, 1.165) is 6.08 Å². The van der Waals surface area contributed by atoms with Crippen molar-refractivity contribution in [3.63, 3.8) is 0 Å². The molecule has 0 aromatic rings. The Morgan fingerprint density at radius 2 is 2.25 bits per heavy atom. The number of carbonyl (C=O) groups is 1. The van der Waals surface area contributed by atoms with Gasteiger partial charge in [-0.2, -0.15) is 0 Å². The van der Waals surface area contributed by atoms with Crippen molar-refractivity contribution in [1.82, 2.24) is 0 Å². The van der Waals surface area contributed by atoms with Gasteiger partial charge in [-0.15, -0.1) is 0 Å². The van der Waals surface area contributed by atoms with Gasteiger partial charge in [0.15, 0.2) is 0 Å². The largest absolute Gasteiger partial charge is 0.399 e. The minimum absolute atomic E-state index is 0.0874. The Hall–Kier alpha value is -0.960. The zero-order valence-corrected chi connectivity index (χ0v) is 10.2. The summed E-state index contributed by atoms with van der Waals surface area (Å²) in [5.74, 6) is -0.0874. The Bertz CT molecular complexity index is 410. The van der Waals surface area contributed by atoms with E-state index in [4.69, 9.17) is 4.52 Å². The van der Waals surface area contributed by atoms with Gasteiger partial charge >= 0.3 is 7.60 Å². The Balaban J connectivity index is 2.92. The monoisotopic (exact) mass is 242 g/mol. The van der Waals surface area contributed by atoms with Crippen LogP contribution in [0.1, 0.15) is 13.8 Å². The van der Waals surface area contributed by atoms with Crippen LogP contribution in [0.25, 0.3) is 0 Å². The minimum Gasteiger partial charge on any atom is -0.319 e. The van der Waals surface area contributed by atoms with Crippen LogP contribution in [0, 0.1) is 5.92 Å². The molecule has 5 heteroatoms. The second-order valence-electron chi connectivity index (χ2n) is 3.87. The maximum atomic E-state index is 11.6. The molecule has 1 aliphatic rings. The van der Waals surface area contributed by atoms with Crippen LogP contribution in [0.4, 0.5) is 0 Å². The molecule has 0 aromatic heterocycles. The summed E-state index contributed by atoms with van der Waals surface area (Å²) in [4.78, 5) is 20.6. The smallest absolute Gasteiger partial charge is 0.319 e. The van der Waals surface area contributed by atoms with E-state index in [2.05, 4.69) is 6.58 Å². The number of rotatable bonds is 4. The molecule has 4 nitrogen and oxygen atoms in total. The van der Waals surface area contributed by atoms with Crippen molar-refractivity contribution in [2.75, 3.05) is 0 Å². The van der Waals surface area contributed by atoms with E-state index in [9.17, 15) is 14.3 Å². The molecule has 0 aromatic carbocycles. The molecule has 0 radical (unpaired) electrons. The maximum absolute atomic E-state index is 11.6. The lowest BCUT2D eigenvalue weighted by atomic mass is 9.87. The van der Waals surface area contributed by atoms with Gasteiger partial charge in [-0.3, -0.25) is 13.9 Å². The number of allylic oxidation sites excluding steroid dienone is 3. The summed E-state index contributed by atoms with van der Waals surface area (Å²) < 4.78 is 16.7. The number of hydrogen-bond donors (Lipinski definition) is 1. The molecule has 16 heavy (non-hydrogen) atoms. The van der Waals surface area contributed by atoms with Crippen LogP contribution in [-0.2, 0) is 13.9 Å². The Kier molecular flexibility index (Phi) is 3.68. The molecular formula is C11H15O4P. The summed E-state index contributed by atoms with van der Waals surface area (Å²) in [6, 6.07) is 0. The molecule has 1 rings (SSSR count). The molecule has 0 amide bonds. The summed E-state index contributed by atoms with van der Waals surface area (Å²) in [5, 5.41) is 0. The van der Waals surface area contributed by atoms with Crippen LogP contribution in [0.15, 0.2) is 37.0 Å². The molecule has 3 atom stereocenters. The topological polar surface area (TPSA) is 63.6 Å². The van der Waals surface area contributed by atoms with E-state index < -0.39 is 18.7 Å². The van der Waals surface area contributed by atoms with Gasteiger partial charge in [0.2, 0.25) is 0 Å². The van der Waals surface area contributed by atoms with Gasteiger partial charge in [-0.1, -0.05) is 37.8 Å². The molecule has 0 bridgehead atoms. The molecular weight excluding hydrogens is 227 g/mol. The van der Waals surface area contributed by atoms with Crippen molar-refractivity contribution in [3.05, 3.63) is 37.0 Å². The fourth-order valence-electron chi connectivity index (χ4n) is 1.36. The van der Waals surface area contributed by atoms with Crippen molar-refractivity contribution in [1.29, 1.82) is 0 Å². The van der Waals surface area contributed by atoms with Crippen LogP contribution >= 0.6 is 7.60 Å².